The Bertz CT molecular complexity index is 834. The molecule has 1 aromatic heterocycles. The van der Waals surface area contributed by atoms with Gasteiger partial charge in [-0.25, -0.2) is 9.37 Å². The van der Waals surface area contributed by atoms with E-state index in [9.17, 15) is 14.0 Å². The van der Waals surface area contributed by atoms with E-state index in [2.05, 4.69) is 20.7 Å². The van der Waals surface area contributed by atoms with Gasteiger partial charge in [0, 0.05) is 23.7 Å². The minimum Gasteiger partial charge on any atom is -0.378 e. The Labute approximate surface area is 164 Å². The van der Waals surface area contributed by atoms with Gasteiger partial charge in [-0.3, -0.25) is 20.4 Å². The van der Waals surface area contributed by atoms with Crippen LogP contribution < -0.4 is 15.8 Å². The van der Waals surface area contributed by atoms with E-state index in [4.69, 9.17) is 16.3 Å². The highest BCUT2D eigenvalue weighted by Crippen LogP contribution is 2.26. The van der Waals surface area contributed by atoms with Crippen molar-refractivity contribution >= 4 is 39.9 Å². The fraction of sp³-hybridized carbons (Fsp3) is 0.353. The predicted molar refractivity (Wildman–Crippen MR) is 101 cm³/mol. The lowest BCUT2D eigenvalue weighted by atomic mass is 10.1. The monoisotopic (exact) mass is 412 g/mol. The van der Waals surface area contributed by atoms with Crippen LogP contribution in [0.4, 0.5) is 9.52 Å². The van der Waals surface area contributed by atoms with Gasteiger partial charge in [-0.15, -0.1) is 0 Å². The lowest BCUT2D eigenvalue weighted by Crippen LogP contribution is -2.42. The van der Waals surface area contributed by atoms with Crippen LogP contribution in [0.15, 0.2) is 18.2 Å². The third-order valence-corrected chi connectivity index (χ3v) is 5.56. The van der Waals surface area contributed by atoms with Crippen molar-refractivity contribution in [2.75, 3.05) is 31.2 Å². The van der Waals surface area contributed by atoms with E-state index in [0.29, 0.717) is 36.9 Å². The first-order valence-electron chi connectivity index (χ1n) is 8.28. The number of aryl methyl sites for hydroxylation is 1. The number of anilines is 1. The molecule has 0 bridgehead atoms. The summed E-state index contributed by atoms with van der Waals surface area (Å²) >= 11 is 7.15. The van der Waals surface area contributed by atoms with Crippen LogP contribution in [0.2, 0.25) is 5.02 Å². The summed E-state index contributed by atoms with van der Waals surface area (Å²) in [5.41, 5.74) is 5.27. The smallest absolute Gasteiger partial charge is 0.281 e. The van der Waals surface area contributed by atoms with Crippen LogP contribution in [0.3, 0.4) is 0 Å². The number of carbonyl (C=O) groups is 2. The SMILES string of the molecule is Cc1nc(N2CCOCC2)sc1C(=O)NNC(=O)Cc1c(F)cccc1Cl. The maximum absolute atomic E-state index is 13.7. The molecular weight excluding hydrogens is 395 g/mol. The number of aromatic nitrogens is 1. The molecule has 3 rings (SSSR count). The van der Waals surface area contributed by atoms with Crippen LogP contribution in [0.25, 0.3) is 0 Å². The minimum absolute atomic E-state index is 0.0782. The molecule has 1 saturated heterocycles. The van der Waals surface area contributed by atoms with Crippen molar-refractivity contribution in [3.63, 3.8) is 0 Å². The summed E-state index contributed by atoms with van der Waals surface area (Å²) in [6, 6.07) is 4.18. The standard InChI is InChI=1S/C17H18ClFN4O3S/c1-10-15(27-17(20-10)23-5-7-26-8-6-23)16(25)22-21-14(24)9-11-12(18)3-2-4-13(11)19/h2-4H,5-9H2,1H3,(H,21,24)(H,22,25). The zero-order valence-electron chi connectivity index (χ0n) is 14.6. The average molecular weight is 413 g/mol. The van der Waals surface area contributed by atoms with Gasteiger partial charge in [0.25, 0.3) is 5.91 Å². The summed E-state index contributed by atoms with van der Waals surface area (Å²) in [7, 11) is 0. The van der Waals surface area contributed by atoms with Gasteiger partial charge in [0.1, 0.15) is 10.7 Å². The van der Waals surface area contributed by atoms with Crippen LogP contribution >= 0.6 is 22.9 Å². The molecule has 144 valence electrons. The second-order valence-corrected chi connectivity index (χ2v) is 7.27. The molecule has 2 heterocycles. The highest BCUT2D eigenvalue weighted by Gasteiger charge is 2.21. The largest absolute Gasteiger partial charge is 0.378 e. The quantitative estimate of drug-likeness (QED) is 0.751. The number of halogens is 2. The molecule has 1 aliphatic rings. The van der Waals surface area contributed by atoms with E-state index in [1.165, 1.54) is 29.5 Å². The van der Waals surface area contributed by atoms with Gasteiger partial charge >= 0.3 is 0 Å². The Morgan fingerprint density at radius 1 is 1.33 bits per heavy atom. The molecule has 0 spiro atoms. The summed E-state index contributed by atoms with van der Waals surface area (Å²) in [5, 5.41) is 0.898. The number of nitrogens with zero attached hydrogens (tertiary/aromatic N) is 2. The molecule has 0 atom stereocenters. The highest BCUT2D eigenvalue weighted by molar-refractivity contribution is 7.17. The van der Waals surface area contributed by atoms with Gasteiger partial charge in [-0.1, -0.05) is 29.0 Å². The lowest BCUT2D eigenvalue weighted by molar-refractivity contribution is -0.121. The molecule has 10 heteroatoms. The number of benzene rings is 1. The minimum atomic E-state index is -0.578. The number of thiazole rings is 1. The molecule has 2 aromatic rings. The lowest BCUT2D eigenvalue weighted by Gasteiger charge is -2.25. The Kier molecular flexibility index (Phi) is 6.25. The summed E-state index contributed by atoms with van der Waals surface area (Å²) in [6.45, 7) is 4.40. The Morgan fingerprint density at radius 2 is 2.07 bits per heavy atom. The van der Waals surface area contributed by atoms with E-state index in [-0.39, 0.29) is 17.0 Å². The van der Waals surface area contributed by atoms with Crippen LogP contribution in [0.5, 0.6) is 0 Å². The number of hydrogen-bond donors (Lipinski definition) is 2. The average Bonchev–Trinajstić information content (AvgIpc) is 3.05. The molecule has 1 fully saturated rings. The molecule has 1 aliphatic heterocycles. The maximum atomic E-state index is 13.7. The third kappa shape index (κ3) is 4.74. The number of morpholine rings is 1. The number of ether oxygens (including phenoxy) is 1. The fourth-order valence-corrected chi connectivity index (χ4v) is 3.82. The van der Waals surface area contributed by atoms with Crippen molar-refractivity contribution in [3.05, 3.63) is 45.2 Å². The summed E-state index contributed by atoms with van der Waals surface area (Å²) in [5.74, 6) is -1.62. The summed E-state index contributed by atoms with van der Waals surface area (Å²) in [4.78, 5) is 31.2. The Balaban J connectivity index is 1.59. The first kappa shape index (κ1) is 19.5. The molecule has 0 aliphatic carbocycles. The van der Waals surface area contributed by atoms with Crippen LogP contribution in [-0.2, 0) is 16.0 Å². The number of rotatable bonds is 4. The fourth-order valence-electron chi connectivity index (χ4n) is 2.57. The molecule has 0 unspecified atom stereocenters. The van der Waals surface area contributed by atoms with Crippen LogP contribution in [-0.4, -0.2) is 43.1 Å². The topological polar surface area (TPSA) is 83.6 Å². The van der Waals surface area contributed by atoms with E-state index in [1.54, 1.807) is 6.92 Å². The second-order valence-electron chi connectivity index (χ2n) is 5.89. The van der Waals surface area contributed by atoms with E-state index in [0.717, 1.165) is 5.13 Å². The normalized spacial score (nSPS) is 14.1. The number of amides is 2. The van der Waals surface area contributed by atoms with Crippen molar-refractivity contribution in [3.8, 4) is 0 Å². The molecule has 2 amide bonds. The van der Waals surface area contributed by atoms with Gasteiger partial charge in [0.15, 0.2) is 5.13 Å². The van der Waals surface area contributed by atoms with Crippen LogP contribution in [0, 0.1) is 12.7 Å². The zero-order valence-corrected chi connectivity index (χ0v) is 16.1. The summed E-state index contributed by atoms with van der Waals surface area (Å²) < 4.78 is 19.0. The maximum Gasteiger partial charge on any atom is 0.281 e. The highest BCUT2D eigenvalue weighted by atomic mass is 35.5. The molecular formula is C17H18ClFN4O3S. The zero-order chi connectivity index (χ0) is 19.4. The third-order valence-electron chi connectivity index (χ3n) is 3.99. The number of hydrogen-bond acceptors (Lipinski definition) is 6. The van der Waals surface area contributed by atoms with Crippen molar-refractivity contribution in [1.29, 1.82) is 0 Å². The number of carbonyl (C=O) groups excluding carboxylic acids is 2. The number of nitrogens with one attached hydrogen (secondary N) is 2. The van der Waals surface area contributed by atoms with Gasteiger partial charge < -0.3 is 9.64 Å². The van der Waals surface area contributed by atoms with Crippen molar-refractivity contribution in [1.82, 2.24) is 15.8 Å². The molecule has 2 N–H and O–H groups in total. The molecule has 1 aromatic carbocycles. The van der Waals surface area contributed by atoms with E-state index >= 15 is 0 Å². The van der Waals surface area contributed by atoms with E-state index < -0.39 is 17.6 Å². The predicted octanol–water partition coefficient (Wildman–Crippen LogP) is 2.08. The van der Waals surface area contributed by atoms with E-state index in [1.807, 2.05) is 0 Å². The van der Waals surface area contributed by atoms with Gasteiger partial charge in [0.2, 0.25) is 5.91 Å². The number of hydrazine groups is 1. The molecule has 7 nitrogen and oxygen atoms in total. The van der Waals surface area contributed by atoms with Gasteiger partial charge in [0.05, 0.1) is 25.3 Å². The first-order valence-corrected chi connectivity index (χ1v) is 9.47. The molecule has 0 radical (unpaired) electrons. The van der Waals surface area contributed by atoms with Gasteiger partial charge in [-0.2, -0.15) is 0 Å². The Hall–Kier alpha value is -2.23. The van der Waals surface area contributed by atoms with Crippen LogP contribution in [0.1, 0.15) is 20.9 Å². The van der Waals surface area contributed by atoms with Crippen molar-refractivity contribution in [2.45, 2.75) is 13.3 Å². The summed E-state index contributed by atoms with van der Waals surface area (Å²) in [6.07, 6.45) is -0.285. The second kappa shape index (κ2) is 8.64. The Morgan fingerprint density at radius 3 is 2.78 bits per heavy atom. The molecule has 27 heavy (non-hydrogen) atoms. The first-order chi connectivity index (χ1) is 13.0. The molecule has 0 saturated carbocycles. The van der Waals surface area contributed by atoms with Crippen molar-refractivity contribution in [2.24, 2.45) is 0 Å². The van der Waals surface area contributed by atoms with Crippen molar-refractivity contribution < 1.29 is 18.7 Å². The van der Waals surface area contributed by atoms with Gasteiger partial charge in [-0.05, 0) is 19.1 Å².